The lowest BCUT2D eigenvalue weighted by Crippen LogP contribution is -2.33. The zero-order chi connectivity index (χ0) is 19.2. The van der Waals surface area contributed by atoms with Crippen LogP contribution in [-0.4, -0.2) is 29.4 Å². The summed E-state index contributed by atoms with van der Waals surface area (Å²) in [6.45, 7) is 0.0937. The van der Waals surface area contributed by atoms with Crippen LogP contribution in [0.15, 0.2) is 24.3 Å². The second-order valence-electron chi connectivity index (χ2n) is 7.78. The molecule has 1 aromatic rings. The Morgan fingerprint density at radius 1 is 0.963 bits per heavy atom. The van der Waals surface area contributed by atoms with Gasteiger partial charge in [-0.1, -0.05) is 25.7 Å². The van der Waals surface area contributed by atoms with E-state index in [-0.39, 0.29) is 30.7 Å². The van der Waals surface area contributed by atoms with Crippen LogP contribution in [0, 0.1) is 17.8 Å². The van der Waals surface area contributed by atoms with E-state index >= 15 is 0 Å². The fraction of sp³-hybridized carbons (Fsp3) is 0.571. The molecule has 0 aromatic heterocycles. The molecule has 2 amide bonds. The van der Waals surface area contributed by atoms with Gasteiger partial charge in [-0.3, -0.25) is 14.4 Å². The minimum Gasteiger partial charge on any atom is -0.481 e. The summed E-state index contributed by atoms with van der Waals surface area (Å²) >= 11 is 0. The number of hydrogen-bond donors (Lipinski definition) is 3. The Balaban J connectivity index is 1.49. The summed E-state index contributed by atoms with van der Waals surface area (Å²) in [5, 5.41) is 14.1. The molecular formula is C21H28N2O4. The molecule has 0 aliphatic heterocycles. The Bertz CT molecular complexity index is 686. The molecule has 2 aliphatic rings. The quantitative estimate of drug-likeness (QED) is 0.713. The number of carboxylic acid groups (broad SMARTS) is 1. The Kier molecular flexibility index (Phi) is 6.48. The molecule has 2 saturated carbocycles. The number of carboxylic acids is 1. The van der Waals surface area contributed by atoms with Crippen molar-refractivity contribution in [2.24, 2.45) is 17.8 Å². The van der Waals surface area contributed by atoms with Gasteiger partial charge in [0.1, 0.15) is 0 Å². The summed E-state index contributed by atoms with van der Waals surface area (Å²) in [4.78, 5) is 35.1. The molecule has 3 unspecified atom stereocenters. The molecule has 3 atom stereocenters. The number of carbonyl (C=O) groups is 3. The second kappa shape index (κ2) is 9.02. The molecule has 2 fully saturated rings. The first kappa shape index (κ1) is 19.4. The lowest BCUT2D eigenvalue weighted by molar-refractivity contribution is -0.136. The first-order valence-electron chi connectivity index (χ1n) is 9.94. The first-order chi connectivity index (χ1) is 13.0. The normalized spacial score (nSPS) is 24.5. The number of carbonyl (C=O) groups excluding carboxylic acids is 2. The van der Waals surface area contributed by atoms with Crippen molar-refractivity contribution in [3.05, 3.63) is 29.8 Å². The number of rotatable bonds is 6. The highest BCUT2D eigenvalue weighted by molar-refractivity contribution is 5.96. The maximum Gasteiger partial charge on any atom is 0.305 e. The summed E-state index contributed by atoms with van der Waals surface area (Å²) in [6.07, 6.45) is 8.26. The molecule has 3 N–H and O–H groups in total. The van der Waals surface area contributed by atoms with E-state index in [0.29, 0.717) is 17.2 Å². The van der Waals surface area contributed by atoms with Crippen LogP contribution >= 0.6 is 0 Å². The average molecular weight is 372 g/mol. The molecule has 1 aromatic carbocycles. The third-order valence-corrected chi connectivity index (χ3v) is 5.95. The number of benzene rings is 1. The zero-order valence-electron chi connectivity index (χ0n) is 15.6. The van der Waals surface area contributed by atoms with E-state index in [2.05, 4.69) is 10.6 Å². The van der Waals surface area contributed by atoms with E-state index in [9.17, 15) is 14.4 Å². The van der Waals surface area contributed by atoms with Gasteiger partial charge < -0.3 is 15.7 Å². The molecule has 6 nitrogen and oxygen atoms in total. The standard InChI is InChI=1S/C21H28N2O4/c24-19(25)11-12-22-20(26)15-7-9-18(10-8-15)23-21(27)17-6-5-14-3-1-2-4-16(14)13-17/h7-10,14,16-17H,1-6,11-13H2,(H,22,26)(H,23,27)(H,24,25). The second-order valence-corrected chi connectivity index (χ2v) is 7.78. The maximum absolute atomic E-state index is 12.6. The molecular weight excluding hydrogens is 344 g/mol. The van der Waals surface area contributed by atoms with Gasteiger partial charge in [0, 0.05) is 23.7 Å². The molecule has 0 spiro atoms. The topological polar surface area (TPSA) is 95.5 Å². The predicted octanol–water partition coefficient (Wildman–Crippen LogP) is 3.44. The van der Waals surface area contributed by atoms with Gasteiger partial charge in [0.25, 0.3) is 5.91 Å². The van der Waals surface area contributed by atoms with Crippen molar-refractivity contribution in [2.45, 2.75) is 51.4 Å². The summed E-state index contributed by atoms with van der Waals surface area (Å²) in [7, 11) is 0. The van der Waals surface area contributed by atoms with E-state index < -0.39 is 5.97 Å². The highest BCUT2D eigenvalue weighted by Crippen LogP contribution is 2.42. The van der Waals surface area contributed by atoms with Gasteiger partial charge in [-0.15, -0.1) is 0 Å². The molecule has 3 rings (SSSR count). The number of aliphatic carboxylic acids is 1. The highest BCUT2D eigenvalue weighted by Gasteiger charge is 2.34. The van der Waals surface area contributed by atoms with Gasteiger partial charge in [0.2, 0.25) is 5.91 Å². The van der Waals surface area contributed by atoms with Gasteiger partial charge >= 0.3 is 5.97 Å². The zero-order valence-corrected chi connectivity index (χ0v) is 15.6. The van der Waals surface area contributed by atoms with Crippen LogP contribution < -0.4 is 10.6 Å². The molecule has 27 heavy (non-hydrogen) atoms. The van der Waals surface area contributed by atoms with Crippen molar-refractivity contribution >= 4 is 23.5 Å². The Morgan fingerprint density at radius 3 is 2.37 bits per heavy atom. The van der Waals surface area contributed by atoms with E-state index in [0.717, 1.165) is 25.2 Å². The van der Waals surface area contributed by atoms with E-state index in [1.165, 1.54) is 25.7 Å². The third-order valence-electron chi connectivity index (χ3n) is 5.95. The fourth-order valence-electron chi connectivity index (χ4n) is 4.45. The van der Waals surface area contributed by atoms with Gasteiger partial charge in [0.15, 0.2) is 0 Å². The Labute approximate surface area is 159 Å². The van der Waals surface area contributed by atoms with E-state index in [1.807, 2.05) is 0 Å². The third kappa shape index (κ3) is 5.31. The van der Waals surface area contributed by atoms with Crippen molar-refractivity contribution in [3.8, 4) is 0 Å². The van der Waals surface area contributed by atoms with Gasteiger partial charge in [-0.05, 0) is 55.4 Å². The minimum atomic E-state index is -0.948. The lowest BCUT2D eigenvalue weighted by Gasteiger charge is -2.38. The molecule has 0 saturated heterocycles. The van der Waals surface area contributed by atoms with Crippen molar-refractivity contribution in [1.82, 2.24) is 5.32 Å². The minimum absolute atomic E-state index is 0.0812. The largest absolute Gasteiger partial charge is 0.481 e. The SMILES string of the molecule is O=C(O)CCNC(=O)c1ccc(NC(=O)C2CCC3CCCCC3C2)cc1. The summed E-state index contributed by atoms with van der Waals surface area (Å²) in [5.41, 5.74) is 1.13. The van der Waals surface area contributed by atoms with Crippen molar-refractivity contribution in [2.75, 3.05) is 11.9 Å². The molecule has 146 valence electrons. The monoisotopic (exact) mass is 372 g/mol. The van der Waals surface area contributed by atoms with Crippen LogP contribution in [-0.2, 0) is 9.59 Å². The maximum atomic E-state index is 12.6. The molecule has 2 aliphatic carbocycles. The Hall–Kier alpha value is -2.37. The highest BCUT2D eigenvalue weighted by atomic mass is 16.4. The summed E-state index contributed by atoms with van der Waals surface area (Å²) in [6, 6.07) is 6.72. The molecule has 0 heterocycles. The van der Waals surface area contributed by atoms with E-state index in [1.54, 1.807) is 24.3 Å². The van der Waals surface area contributed by atoms with Crippen molar-refractivity contribution in [3.63, 3.8) is 0 Å². The van der Waals surface area contributed by atoms with Crippen molar-refractivity contribution < 1.29 is 19.5 Å². The van der Waals surface area contributed by atoms with Crippen LogP contribution in [0.1, 0.15) is 61.7 Å². The summed E-state index contributed by atoms with van der Waals surface area (Å²) < 4.78 is 0. The Morgan fingerprint density at radius 2 is 1.67 bits per heavy atom. The summed E-state index contributed by atoms with van der Waals surface area (Å²) in [5.74, 6) is 0.434. The van der Waals surface area contributed by atoms with E-state index in [4.69, 9.17) is 5.11 Å². The number of nitrogens with one attached hydrogen (secondary N) is 2. The van der Waals surface area contributed by atoms with Crippen LogP contribution in [0.5, 0.6) is 0 Å². The predicted molar refractivity (Wildman–Crippen MR) is 102 cm³/mol. The van der Waals surface area contributed by atoms with Crippen LogP contribution in [0.25, 0.3) is 0 Å². The fourth-order valence-corrected chi connectivity index (χ4v) is 4.45. The van der Waals surface area contributed by atoms with Gasteiger partial charge in [-0.2, -0.15) is 0 Å². The van der Waals surface area contributed by atoms with Crippen LogP contribution in [0.2, 0.25) is 0 Å². The first-order valence-corrected chi connectivity index (χ1v) is 9.94. The van der Waals surface area contributed by atoms with Crippen LogP contribution in [0.3, 0.4) is 0 Å². The number of fused-ring (bicyclic) bond motifs is 1. The van der Waals surface area contributed by atoms with Gasteiger partial charge in [0.05, 0.1) is 6.42 Å². The number of anilines is 1. The average Bonchev–Trinajstić information content (AvgIpc) is 2.67. The smallest absolute Gasteiger partial charge is 0.305 e. The molecule has 0 bridgehead atoms. The molecule has 0 radical (unpaired) electrons. The van der Waals surface area contributed by atoms with Crippen LogP contribution in [0.4, 0.5) is 5.69 Å². The van der Waals surface area contributed by atoms with Gasteiger partial charge in [-0.25, -0.2) is 0 Å². The lowest BCUT2D eigenvalue weighted by atomic mass is 9.67. The van der Waals surface area contributed by atoms with Crippen molar-refractivity contribution in [1.29, 1.82) is 0 Å². The number of hydrogen-bond acceptors (Lipinski definition) is 3. The molecule has 6 heteroatoms. The number of amides is 2.